The van der Waals surface area contributed by atoms with Gasteiger partial charge >= 0.3 is 0 Å². The van der Waals surface area contributed by atoms with Crippen molar-refractivity contribution in [1.29, 1.82) is 0 Å². The summed E-state index contributed by atoms with van der Waals surface area (Å²) in [5, 5.41) is 4.38. The van der Waals surface area contributed by atoms with Gasteiger partial charge in [0.1, 0.15) is 5.82 Å². The van der Waals surface area contributed by atoms with Gasteiger partial charge in [-0.1, -0.05) is 30.3 Å². The first-order valence-electron chi connectivity index (χ1n) is 7.80. The summed E-state index contributed by atoms with van der Waals surface area (Å²) in [6.45, 7) is 1.96. The van der Waals surface area contributed by atoms with E-state index in [0.717, 1.165) is 36.0 Å². The lowest BCUT2D eigenvalue weighted by molar-refractivity contribution is 0.182. The highest BCUT2D eigenvalue weighted by molar-refractivity contribution is 5.86. The Morgan fingerprint density at radius 3 is 2.74 bits per heavy atom. The Morgan fingerprint density at radius 2 is 1.96 bits per heavy atom. The lowest BCUT2D eigenvalue weighted by Crippen LogP contribution is -2.16. The number of halogens is 1. The summed E-state index contributed by atoms with van der Waals surface area (Å²) in [6.07, 6.45) is 2.81. The van der Waals surface area contributed by atoms with E-state index in [9.17, 15) is 4.39 Å². The van der Waals surface area contributed by atoms with Crippen molar-refractivity contribution in [3.63, 3.8) is 0 Å². The van der Waals surface area contributed by atoms with Crippen molar-refractivity contribution in [3.05, 3.63) is 71.2 Å². The smallest absolute Gasteiger partial charge is 0.129 e. The molecule has 2 N–H and O–H groups in total. The SMILES string of the molecule is COCc1c(F)ccc2[nH]cc(CCNCc3ccccc3)c12. The molecule has 0 atom stereocenters. The molecule has 23 heavy (non-hydrogen) atoms. The number of ether oxygens (including phenoxy) is 1. The maximum Gasteiger partial charge on any atom is 0.129 e. The van der Waals surface area contributed by atoms with E-state index in [2.05, 4.69) is 22.4 Å². The number of hydrogen-bond donors (Lipinski definition) is 2. The van der Waals surface area contributed by atoms with Crippen molar-refractivity contribution in [1.82, 2.24) is 10.3 Å². The number of methoxy groups -OCH3 is 1. The van der Waals surface area contributed by atoms with Crippen molar-refractivity contribution in [2.24, 2.45) is 0 Å². The molecule has 1 heterocycles. The second-order valence-electron chi connectivity index (χ2n) is 5.61. The molecule has 3 aromatic rings. The maximum atomic E-state index is 14.1. The Morgan fingerprint density at radius 1 is 1.13 bits per heavy atom. The summed E-state index contributed by atoms with van der Waals surface area (Å²) < 4.78 is 19.2. The molecule has 0 fully saturated rings. The molecule has 0 aliphatic carbocycles. The Bertz CT molecular complexity index is 768. The molecule has 3 rings (SSSR count). The number of benzene rings is 2. The number of rotatable bonds is 7. The van der Waals surface area contributed by atoms with Gasteiger partial charge < -0.3 is 15.0 Å². The van der Waals surface area contributed by atoms with Gasteiger partial charge in [0, 0.05) is 36.3 Å². The molecule has 0 radical (unpaired) electrons. The van der Waals surface area contributed by atoms with Crippen molar-refractivity contribution >= 4 is 10.9 Å². The number of aromatic amines is 1. The fourth-order valence-electron chi connectivity index (χ4n) is 2.88. The van der Waals surface area contributed by atoms with Gasteiger partial charge in [-0.05, 0) is 36.2 Å². The van der Waals surface area contributed by atoms with E-state index in [0.29, 0.717) is 5.56 Å². The van der Waals surface area contributed by atoms with E-state index in [4.69, 9.17) is 4.74 Å². The number of fused-ring (bicyclic) bond motifs is 1. The zero-order chi connectivity index (χ0) is 16.1. The van der Waals surface area contributed by atoms with Crippen LogP contribution in [-0.4, -0.2) is 18.6 Å². The third-order valence-electron chi connectivity index (χ3n) is 4.01. The Labute approximate surface area is 135 Å². The van der Waals surface area contributed by atoms with Crippen molar-refractivity contribution in [2.45, 2.75) is 19.6 Å². The summed E-state index contributed by atoms with van der Waals surface area (Å²) in [5.41, 5.74) is 3.96. The summed E-state index contributed by atoms with van der Waals surface area (Å²) in [7, 11) is 1.59. The zero-order valence-corrected chi connectivity index (χ0v) is 13.2. The predicted molar refractivity (Wildman–Crippen MR) is 90.8 cm³/mol. The van der Waals surface area contributed by atoms with Gasteiger partial charge in [0.05, 0.1) is 6.61 Å². The summed E-state index contributed by atoms with van der Waals surface area (Å²) in [4.78, 5) is 3.22. The largest absolute Gasteiger partial charge is 0.380 e. The number of hydrogen-bond acceptors (Lipinski definition) is 2. The van der Waals surface area contributed by atoms with Gasteiger partial charge in [0.25, 0.3) is 0 Å². The van der Waals surface area contributed by atoms with Crippen LogP contribution in [0.4, 0.5) is 4.39 Å². The average Bonchev–Trinajstić information content (AvgIpc) is 2.99. The van der Waals surface area contributed by atoms with Crippen LogP contribution in [0, 0.1) is 5.82 Å². The summed E-state index contributed by atoms with van der Waals surface area (Å²) >= 11 is 0. The molecule has 4 heteroatoms. The molecule has 0 aliphatic heterocycles. The summed E-state index contributed by atoms with van der Waals surface area (Å²) in [6, 6.07) is 13.6. The lowest BCUT2D eigenvalue weighted by atomic mass is 10.0. The van der Waals surface area contributed by atoms with Gasteiger partial charge in [-0.3, -0.25) is 0 Å². The second-order valence-corrected chi connectivity index (χ2v) is 5.61. The molecule has 1 aromatic heterocycles. The van der Waals surface area contributed by atoms with Crippen LogP contribution in [0.3, 0.4) is 0 Å². The van der Waals surface area contributed by atoms with Crippen molar-refractivity contribution in [2.75, 3.05) is 13.7 Å². The van der Waals surface area contributed by atoms with E-state index in [1.807, 2.05) is 24.4 Å². The monoisotopic (exact) mass is 312 g/mol. The van der Waals surface area contributed by atoms with Crippen LogP contribution in [0.25, 0.3) is 10.9 Å². The minimum absolute atomic E-state index is 0.211. The molecule has 2 aromatic carbocycles. The van der Waals surface area contributed by atoms with Crippen LogP contribution in [0.15, 0.2) is 48.7 Å². The van der Waals surface area contributed by atoms with Crippen LogP contribution in [0.2, 0.25) is 0 Å². The van der Waals surface area contributed by atoms with Crippen molar-refractivity contribution < 1.29 is 9.13 Å². The number of aromatic nitrogens is 1. The maximum absolute atomic E-state index is 14.1. The topological polar surface area (TPSA) is 37.0 Å². The third-order valence-corrected chi connectivity index (χ3v) is 4.01. The Kier molecular flexibility index (Phi) is 5.05. The third kappa shape index (κ3) is 3.60. The van der Waals surface area contributed by atoms with E-state index in [1.54, 1.807) is 13.2 Å². The minimum Gasteiger partial charge on any atom is -0.380 e. The molecular weight excluding hydrogens is 291 g/mol. The van der Waals surface area contributed by atoms with Crippen molar-refractivity contribution in [3.8, 4) is 0 Å². The van der Waals surface area contributed by atoms with Gasteiger partial charge in [-0.15, -0.1) is 0 Å². The molecule has 0 unspecified atom stereocenters. The van der Waals surface area contributed by atoms with Crippen LogP contribution in [-0.2, 0) is 24.3 Å². The fraction of sp³-hybridized carbons (Fsp3) is 0.263. The van der Waals surface area contributed by atoms with Crippen LogP contribution < -0.4 is 5.32 Å². The van der Waals surface area contributed by atoms with Gasteiger partial charge in [-0.2, -0.15) is 0 Å². The molecule has 0 saturated heterocycles. The first-order valence-corrected chi connectivity index (χ1v) is 7.80. The van der Waals surface area contributed by atoms with Gasteiger partial charge in [0.2, 0.25) is 0 Å². The Balaban J connectivity index is 1.69. The zero-order valence-electron chi connectivity index (χ0n) is 13.2. The molecule has 0 aliphatic rings. The molecule has 3 nitrogen and oxygen atoms in total. The van der Waals surface area contributed by atoms with Crippen LogP contribution in [0.1, 0.15) is 16.7 Å². The fourth-order valence-corrected chi connectivity index (χ4v) is 2.88. The standard InChI is InChI=1S/C19H21FN2O/c1-23-13-16-17(20)7-8-18-19(16)15(12-22-18)9-10-21-11-14-5-3-2-4-6-14/h2-8,12,21-22H,9-11,13H2,1H3. The lowest BCUT2D eigenvalue weighted by Gasteiger charge is -2.08. The second kappa shape index (κ2) is 7.40. The van der Waals surface area contributed by atoms with Gasteiger partial charge in [0.15, 0.2) is 0 Å². The first-order chi connectivity index (χ1) is 11.3. The predicted octanol–water partition coefficient (Wildman–Crippen LogP) is 3.79. The molecule has 120 valence electrons. The number of H-pyrrole nitrogens is 1. The van der Waals surface area contributed by atoms with Crippen LogP contribution in [0.5, 0.6) is 0 Å². The Hall–Kier alpha value is -2.17. The highest BCUT2D eigenvalue weighted by atomic mass is 19.1. The normalized spacial score (nSPS) is 11.2. The molecule has 0 amide bonds. The molecule has 0 spiro atoms. The van der Waals surface area contributed by atoms with E-state index in [-0.39, 0.29) is 12.4 Å². The molecule has 0 bridgehead atoms. The van der Waals surface area contributed by atoms with Crippen LogP contribution >= 0.6 is 0 Å². The van der Waals surface area contributed by atoms with E-state index < -0.39 is 0 Å². The quantitative estimate of drug-likeness (QED) is 0.651. The van der Waals surface area contributed by atoms with Gasteiger partial charge in [-0.25, -0.2) is 4.39 Å². The van der Waals surface area contributed by atoms with E-state index in [1.165, 1.54) is 11.6 Å². The highest BCUT2D eigenvalue weighted by Crippen LogP contribution is 2.26. The van der Waals surface area contributed by atoms with E-state index >= 15 is 0 Å². The molecule has 0 saturated carbocycles. The highest BCUT2D eigenvalue weighted by Gasteiger charge is 2.12. The summed E-state index contributed by atoms with van der Waals surface area (Å²) in [5.74, 6) is -0.211. The number of nitrogens with one attached hydrogen (secondary N) is 2. The molecular formula is C19H21FN2O. The minimum atomic E-state index is -0.211. The first kappa shape index (κ1) is 15.7. The average molecular weight is 312 g/mol.